The Morgan fingerprint density at radius 3 is 1.70 bits per heavy atom. The van der Waals surface area contributed by atoms with Crippen molar-refractivity contribution in [1.29, 1.82) is 0 Å². The van der Waals surface area contributed by atoms with Gasteiger partial charge in [-0.2, -0.15) is 0 Å². The molecule has 310 valence electrons. The van der Waals surface area contributed by atoms with Gasteiger partial charge in [-0.1, -0.05) is 120 Å². The van der Waals surface area contributed by atoms with E-state index in [0.717, 1.165) is 77.0 Å². The third kappa shape index (κ3) is 26.2. The highest BCUT2D eigenvalue weighted by Gasteiger charge is 2.44. The van der Waals surface area contributed by atoms with Crippen molar-refractivity contribution in [3.05, 3.63) is 60.8 Å². The van der Waals surface area contributed by atoms with E-state index in [1.165, 1.54) is 32.1 Å². The van der Waals surface area contributed by atoms with E-state index in [2.05, 4.69) is 74.6 Å². The van der Waals surface area contributed by atoms with E-state index in [4.69, 9.17) is 18.9 Å². The van der Waals surface area contributed by atoms with Crippen molar-refractivity contribution >= 4 is 11.9 Å². The van der Waals surface area contributed by atoms with Gasteiger partial charge in [0, 0.05) is 12.8 Å². The molecule has 1 rings (SSSR count). The van der Waals surface area contributed by atoms with Gasteiger partial charge in [0.05, 0.1) is 13.2 Å². The first-order valence-electron chi connectivity index (χ1n) is 20.9. The Labute approximate surface area is 326 Å². The molecule has 0 aliphatic carbocycles. The number of allylic oxidation sites excluding steroid dienone is 10. The molecule has 1 fully saturated rings. The van der Waals surface area contributed by atoms with Crippen molar-refractivity contribution in [1.82, 2.24) is 0 Å². The number of carbonyl (C=O) groups is 2. The molecule has 6 atom stereocenters. The summed E-state index contributed by atoms with van der Waals surface area (Å²) in [5, 5.41) is 40.0. The second-order valence-electron chi connectivity index (χ2n) is 14.1. The molecule has 10 nitrogen and oxygen atoms in total. The van der Waals surface area contributed by atoms with E-state index in [1.54, 1.807) is 0 Å². The topological polar surface area (TPSA) is 152 Å². The molecule has 0 saturated carbocycles. The van der Waals surface area contributed by atoms with Gasteiger partial charge < -0.3 is 39.4 Å². The van der Waals surface area contributed by atoms with E-state index < -0.39 is 55.4 Å². The van der Waals surface area contributed by atoms with Crippen LogP contribution < -0.4 is 0 Å². The highest BCUT2D eigenvalue weighted by atomic mass is 16.7. The molecule has 1 heterocycles. The summed E-state index contributed by atoms with van der Waals surface area (Å²) in [4.78, 5) is 25.2. The van der Waals surface area contributed by atoms with Crippen molar-refractivity contribution in [3.8, 4) is 0 Å². The maximum atomic E-state index is 12.7. The van der Waals surface area contributed by atoms with E-state index in [9.17, 15) is 30.0 Å². The number of unbranched alkanes of at least 4 members (excludes halogenated alkanes) is 12. The minimum atomic E-state index is -1.60. The number of aliphatic hydroxyl groups is 4. The van der Waals surface area contributed by atoms with Crippen LogP contribution in [-0.2, 0) is 28.5 Å². The molecule has 0 aromatic heterocycles. The molecule has 2 unspecified atom stereocenters. The lowest BCUT2D eigenvalue weighted by atomic mass is 9.99. The molecular formula is C44H74O10. The zero-order chi connectivity index (χ0) is 39.5. The van der Waals surface area contributed by atoms with Crippen molar-refractivity contribution < 1.29 is 49.0 Å². The van der Waals surface area contributed by atoms with Crippen LogP contribution in [-0.4, -0.2) is 89.0 Å². The molecule has 0 bridgehead atoms. The fourth-order valence-electron chi connectivity index (χ4n) is 5.82. The van der Waals surface area contributed by atoms with E-state index in [1.807, 2.05) is 0 Å². The first-order chi connectivity index (χ1) is 26.3. The van der Waals surface area contributed by atoms with Crippen molar-refractivity contribution in [2.24, 2.45) is 0 Å². The zero-order valence-corrected chi connectivity index (χ0v) is 33.4. The number of esters is 2. The van der Waals surface area contributed by atoms with Gasteiger partial charge in [0.15, 0.2) is 12.4 Å². The molecule has 0 aromatic carbocycles. The summed E-state index contributed by atoms with van der Waals surface area (Å²) < 4.78 is 22.0. The quantitative estimate of drug-likeness (QED) is 0.0292. The Morgan fingerprint density at radius 2 is 1.09 bits per heavy atom. The fraction of sp³-hybridized carbons (Fsp3) is 0.727. The Morgan fingerprint density at radius 1 is 0.593 bits per heavy atom. The third-order valence-corrected chi connectivity index (χ3v) is 9.14. The highest BCUT2D eigenvalue weighted by molar-refractivity contribution is 5.70. The van der Waals surface area contributed by atoms with Crippen LogP contribution in [0.25, 0.3) is 0 Å². The van der Waals surface area contributed by atoms with Crippen LogP contribution in [0, 0.1) is 0 Å². The number of hydrogen-bond acceptors (Lipinski definition) is 10. The summed E-state index contributed by atoms with van der Waals surface area (Å²) in [5.74, 6) is -0.871. The van der Waals surface area contributed by atoms with Gasteiger partial charge in [-0.05, 0) is 77.0 Å². The predicted octanol–water partition coefficient (Wildman–Crippen LogP) is 8.27. The standard InChI is InChI=1S/C44H74O10/c1-3-5-7-9-11-13-15-17-19-21-22-24-26-28-30-32-39(46)51-35-37(36-52-44-43(50)42(49)41(48)38(34-45)54-44)53-40(47)33-31-29-27-25-23-20-18-16-14-12-10-8-6-4-2/h5,7,11,13,16-19,22,24,37-38,41-45,48-50H,3-4,6,8-10,12,14-15,20-21,23,25-36H2,1-2H3/b7-5+,13-11+,18-16+,19-17+,24-22+/t37-,38-,41+,42?,43?,44-/m0/s1. The third-order valence-electron chi connectivity index (χ3n) is 9.14. The molecule has 1 aliphatic heterocycles. The number of ether oxygens (including phenoxy) is 4. The molecule has 0 aromatic rings. The number of hydrogen-bond donors (Lipinski definition) is 4. The van der Waals surface area contributed by atoms with E-state index in [0.29, 0.717) is 12.8 Å². The average molecular weight is 763 g/mol. The van der Waals surface area contributed by atoms with Gasteiger partial charge in [-0.3, -0.25) is 9.59 Å². The first kappa shape index (κ1) is 49.4. The van der Waals surface area contributed by atoms with Gasteiger partial charge in [-0.15, -0.1) is 0 Å². The van der Waals surface area contributed by atoms with Crippen molar-refractivity contribution in [2.45, 2.75) is 185 Å². The second-order valence-corrected chi connectivity index (χ2v) is 14.1. The summed E-state index contributed by atoms with van der Waals surface area (Å²) >= 11 is 0. The number of aliphatic hydroxyl groups excluding tert-OH is 4. The first-order valence-corrected chi connectivity index (χ1v) is 20.9. The largest absolute Gasteiger partial charge is 0.462 e. The van der Waals surface area contributed by atoms with Gasteiger partial charge >= 0.3 is 11.9 Å². The van der Waals surface area contributed by atoms with Gasteiger partial charge in [-0.25, -0.2) is 0 Å². The van der Waals surface area contributed by atoms with Crippen LogP contribution in [0.4, 0.5) is 0 Å². The van der Waals surface area contributed by atoms with Crippen LogP contribution in [0.2, 0.25) is 0 Å². The lowest BCUT2D eigenvalue weighted by Gasteiger charge is -2.39. The molecule has 1 saturated heterocycles. The molecule has 4 N–H and O–H groups in total. The van der Waals surface area contributed by atoms with Crippen molar-refractivity contribution in [3.63, 3.8) is 0 Å². The van der Waals surface area contributed by atoms with Gasteiger partial charge in [0.25, 0.3) is 0 Å². The van der Waals surface area contributed by atoms with E-state index >= 15 is 0 Å². The Balaban J connectivity index is 2.41. The summed E-state index contributed by atoms with van der Waals surface area (Å²) in [5.41, 5.74) is 0. The predicted molar refractivity (Wildman–Crippen MR) is 215 cm³/mol. The summed E-state index contributed by atoms with van der Waals surface area (Å²) in [6.07, 6.45) is 33.7. The monoisotopic (exact) mass is 763 g/mol. The van der Waals surface area contributed by atoms with Crippen molar-refractivity contribution in [2.75, 3.05) is 19.8 Å². The summed E-state index contributed by atoms with van der Waals surface area (Å²) in [7, 11) is 0. The summed E-state index contributed by atoms with van der Waals surface area (Å²) in [6.45, 7) is 3.22. The fourth-order valence-corrected chi connectivity index (χ4v) is 5.82. The zero-order valence-electron chi connectivity index (χ0n) is 33.4. The minimum absolute atomic E-state index is 0.208. The molecule has 54 heavy (non-hydrogen) atoms. The number of rotatable bonds is 33. The van der Waals surface area contributed by atoms with Gasteiger partial charge in [0.2, 0.25) is 0 Å². The molecule has 0 amide bonds. The van der Waals surface area contributed by atoms with Crippen LogP contribution in [0.15, 0.2) is 60.8 Å². The average Bonchev–Trinajstić information content (AvgIpc) is 3.17. The summed E-state index contributed by atoms with van der Waals surface area (Å²) in [6, 6.07) is 0. The van der Waals surface area contributed by atoms with Crippen LogP contribution in [0.1, 0.15) is 149 Å². The van der Waals surface area contributed by atoms with E-state index in [-0.39, 0.29) is 26.1 Å². The molecule has 0 radical (unpaired) electrons. The molecular weight excluding hydrogens is 688 g/mol. The second kappa shape index (κ2) is 34.9. The van der Waals surface area contributed by atoms with Gasteiger partial charge in [0.1, 0.15) is 31.0 Å². The Hall–Kier alpha value is -2.60. The normalized spacial score (nSPS) is 21.3. The number of carbonyl (C=O) groups excluding carboxylic acids is 2. The molecule has 1 aliphatic rings. The lowest BCUT2D eigenvalue weighted by Crippen LogP contribution is -2.59. The minimum Gasteiger partial charge on any atom is -0.462 e. The Kier molecular flexibility index (Phi) is 31.9. The maximum Gasteiger partial charge on any atom is 0.306 e. The Bertz CT molecular complexity index is 1070. The van der Waals surface area contributed by atoms with Crippen LogP contribution in [0.5, 0.6) is 0 Å². The molecule has 10 heteroatoms. The molecule has 0 spiro atoms. The lowest BCUT2D eigenvalue weighted by molar-refractivity contribution is -0.305. The van der Waals surface area contributed by atoms with Crippen LogP contribution in [0.3, 0.4) is 0 Å². The van der Waals surface area contributed by atoms with Crippen LogP contribution >= 0.6 is 0 Å². The highest BCUT2D eigenvalue weighted by Crippen LogP contribution is 2.22. The maximum absolute atomic E-state index is 12.7. The SMILES string of the molecule is CC/C=C/C/C=C/C/C=C/C/C=C/CCCCC(=O)OC[C@@H](CO[C@H]1O[C@@H](CO)[C@@H](O)C(O)C1O)OC(=O)CCCCCCC/C=C/CCCCCCC. The smallest absolute Gasteiger partial charge is 0.306 e.